The van der Waals surface area contributed by atoms with E-state index in [1.54, 1.807) is 9.80 Å². The zero-order chi connectivity index (χ0) is 17.0. The molecule has 2 rings (SSSR count). The first kappa shape index (κ1) is 18.0. The summed E-state index contributed by atoms with van der Waals surface area (Å²) >= 11 is 0. The molecule has 0 aromatic heterocycles. The van der Waals surface area contributed by atoms with Crippen LogP contribution in [0.5, 0.6) is 0 Å². The fourth-order valence-corrected chi connectivity index (χ4v) is 3.47. The lowest BCUT2D eigenvalue weighted by atomic mass is 9.96. The summed E-state index contributed by atoms with van der Waals surface area (Å²) in [7, 11) is 0. The number of alkyl halides is 3. The molecule has 132 valence electrons. The van der Waals surface area contributed by atoms with Crippen molar-refractivity contribution in [2.24, 2.45) is 11.7 Å². The van der Waals surface area contributed by atoms with Gasteiger partial charge < -0.3 is 10.6 Å². The van der Waals surface area contributed by atoms with Crippen molar-refractivity contribution in [1.29, 1.82) is 0 Å². The first-order valence-electron chi connectivity index (χ1n) is 8.14. The standard InChI is InChI=1S/C15H24F3N3O2/c16-15(17,18)11-4-7-20(8-5-11)10-14(23)21-6-2-1-3-12(21)9-13(19)22/h11-12H,1-10H2,(H2,19,22)/t12-/m0/s1. The highest BCUT2D eigenvalue weighted by Crippen LogP contribution is 2.34. The number of hydrogen-bond donors (Lipinski definition) is 1. The summed E-state index contributed by atoms with van der Waals surface area (Å²) in [5, 5.41) is 0. The fourth-order valence-electron chi connectivity index (χ4n) is 3.47. The maximum atomic E-state index is 12.7. The van der Waals surface area contributed by atoms with Crippen LogP contribution in [0.3, 0.4) is 0 Å². The molecule has 0 bridgehead atoms. The average molecular weight is 335 g/mol. The minimum atomic E-state index is -4.14. The lowest BCUT2D eigenvalue weighted by molar-refractivity contribution is -0.185. The number of rotatable bonds is 4. The van der Waals surface area contributed by atoms with Crippen LogP contribution in [-0.4, -0.2) is 60.0 Å². The molecule has 8 heteroatoms. The molecule has 0 aliphatic carbocycles. The molecule has 5 nitrogen and oxygen atoms in total. The van der Waals surface area contributed by atoms with E-state index in [4.69, 9.17) is 5.73 Å². The van der Waals surface area contributed by atoms with Crippen molar-refractivity contribution in [3.05, 3.63) is 0 Å². The number of carbonyl (C=O) groups is 2. The van der Waals surface area contributed by atoms with Crippen molar-refractivity contribution in [2.45, 2.75) is 50.7 Å². The number of halogens is 3. The number of primary amides is 1. The lowest BCUT2D eigenvalue weighted by Crippen LogP contribution is -2.50. The zero-order valence-corrected chi connectivity index (χ0v) is 13.1. The number of nitrogens with zero attached hydrogens (tertiary/aromatic N) is 2. The van der Waals surface area contributed by atoms with Gasteiger partial charge in [0.05, 0.1) is 12.5 Å². The van der Waals surface area contributed by atoms with Gasteiger partial charge in [0.1, 0.15) is 0 Å². The first-order chi connectivity index (χ1) is 10.8. The Labute approximate surface area is 134 Å². The molecule has 0 saturated carbocycles. The Morgan fingerprint density at radius 2 is 1.70 bits per heavy atom. The highest BCUT2D eigenvalue weighted by Gasteiger charge is 2.41. The van der Waals surface area contributed by atoms with Crippen LogP contribution < -0.4 is 5.73 Å². The van der Waals surface area contributed by atoms with Gasteiger partial charge in [0.25, 0.3) is 0 Å². The van der Waals surface area contributed by atoms with Crippen molar-refractivity contribution >= 4 is 11.8 Å². The molecule has 1 atom stereocenters. The Balaban J connectivity index is 1.85. The van der Waals surface area contributed by atoms with E-state index in [9.17, 15) is 22.8 Å². The molecular formula is C15H24F3N3O2. The molecule has 2 N–H and O–H groups in total. The highest BCUT2D eigenvalue weighted by molar-refractivity contribution is 5.80. The minimum Gasteiger partial charge on any atom is -0.370 e. The second-order valence-electron chi connectivity index (χ2n) is 6.50. The van der Waals surface area contributed by atoms with Gasteiger partial charge in [-0.2, -0.15) is 13.2 Å². The maximum absolute atomic E-state index is 12.7. The SMILES string of the molecule is NC(=O)C[C@@H]1CCCCN1C(=O)CN1CCC(C(F)(F)F)CC1. The summed E-state index contributed by atoms with van der Waals surface area (Å²) < 4.78 is 38.0. The number of hydrogen-bond acceptors (Lipinski definition) is 3. The molecule has 23 heavy (non-hydrogen) atoms. The van der Waals surface area contributed by atoms with Crippen molar-refractivity contribution in [3.8, 4) is 0 Å². The second kappa shape index (κ2) is 7.51. The van der Waals surface area contributed by atoms with E-state index in [0.717, 1.165) is 19.3 Å². The predicted octanol–water partition coefficient (Wildman–Crippen LogP) is 1.52. The van der Waals surface area contributed by atoms with Crippen LogP contribution in [-0.2, 0) is 9.59 Å². The third-order valence-electron chi connectivity index (χ3n) is 4.79. The molecule has 2 amide bonds. The molecule has 0 spiro atoms. The van der Waals surface area contributed by atoms with E-state index in [2.05, 4.69) is 0 Å². The van der Waals surface area contributed by atoms with Crippen LogP contribution in [0, 0.1) is 5.92 Å². The number of carbonyl (C=O) groups excluding carboxylic acids is 2. The van der Waals surface area contributed by atoms with Gasteiger partial charge in [-0.3, -0.25) is 14.5 Å². The smallest absolute Gasteiger partial charge is 0.370 e. The third kappa shape index (κ3) is 5.09. The zero-order valence-electron chi connectivity index (χ0n) is 13.1. The topological polar surface area (TPSA) is 66.6 Å². The number of likely N-dealkylation sites (tertiary alicyclic amines) is 2. The lowest BCUT2D eigenvalue weighted by Gasteiger charge is -2.38. The maximum Gasteiger partial charge on any atom is 0.391 e. The Morgan fingerprint density at radius 3 is 2.26 bits per heavy atom. The monoisotopic (exact) mass is 335 g/mol. The summed E-state index contributed by atoms with van der Waals surface area (Å²) in [5.41, 5.74) is 5.23. The van der Waals surface area contributed by atoms with Crippen LogP contribution in [0.25, 0.3) is 0 Å². The molecule has 2 aliphatic heterocycles. The van der Waals surface area contributed by atoms with Crippen LogP contribution in [0.4, 0.5) is 13.2 Å². The number of amides is 2. The Kier molecular flexibility index (Phi) is 5.89. The summed E-state index contributed by atoms with van der Waals surface area (Å²) in [4.78, 5) is 27.0. The second-order valence-corrected chi connectivity index (χ2v) is 6.50. The quantitative estimate of drug-likeness (QED) is 0.847. The largest absolute Gasteiger partial charge is 0.391 e. The molecule has 0 radical (unpaired) electrons. The first-order valence-corrected chi connectivity index (χ1v) is 8.14. The Hall–Kier alpha value is -1.31. The third-order valence-corrected chi connectivity index (χ3v) is 4.79. The Bertz CT molecular complexity index is 434. The molecule has 2 aliphatic rings. The predicted molar refractivity (Wildman–Crippen MR) is 78.4 cm³/mol. The van der Waals surface area contributed by atoms with E-state index in [1.807, 2.05) is 0 Å². The van der Waals surface area contributed by atoms with Gasteiger partial charge in [-0.25, -0.2) is 0 Å². The van der Waals surface area contributed by atoms with Gasteiger partial charge >= 0.3 is 6.18 Å². The van der Waals surface area contributed by atoms with Gasteiger partial charge in [-0.1, -0.05) is 0 Å². The van der Waals surface area contributed by atoms with E-state index < -0.39 is 18.0 Å². The Morgan fingerprint density at radius 1 is 1.04 bits per heavy atom. The van der Waals surface area contributed by atoms with Gasteiger partial charge in [0.2, 0.25) is 11.8 Å². The molecule has 2 fully saturated rings. The number of piperidine rings is 2. The number of nitrogens with two attached hydrogens (primary N) is 1. The summed E-state index contributed by atoms with van der Waals surface area (Å²) in [5.74, 6) is -1.80. The van der Waals surface area contributed by atoms with Crippen molar-refractivity contribution in [1.82, 2.24) is 9.80 Å². The van der Waals surface area contributed by atoms with E-state index in [-0.39, 0.29) is 50.8 Å². The molecule has 0 aromatic carbocycles. The minimum absolute atomic E-state index is 0.0431. The van der Waals surface area contributed by atoms with Gasteiger partial charge in [0.15, 0.2) is 0 Å². The van der Waals surface area contributed by atoms with E-state index >= 15 is 0 Å². The average Bonchev–Trinajstić information content (AvgIpc) is 2.46. The van der Waals surface area contributed by atoms with Crippen LogP contribution in [0.1, 0.15) is 38.5 Å². The van der Waals surface area contributed by atoms with Crippen molar-refractivity contribution in [3.63, 3.8) is 0 Å². The van der Waals surface area contributed by atoms with E-state index in [1.165, 1.54) is 0 Å². The van der Waals surface area contributed by atoms with Gasteiger partial charge in [-0.15, -0.1) is 0 Å². The van der Waals surface area contributed by atoms with E-state index in [0.29, 0.717) is 6.54 Å². The van der Waals surface area contributed by atoms with Crippen LogP contribution in [0.2, 0.25) is 0 Å². The van der Waals surface area contributed by atoms with Crippen LogP contribution >= 0.6 is 0 Å². The normalized spacial score (nSPS) is 24.7. The molecular weight excluding hydrogens is 311 g/mol. The fraction of sp³-hybridized carbons (Fsp3) is 0.867. The van der Waals surface area contributed by atoms with Crippen LogP contribution in [0.15, 0.2) is 0 Å². The van der Waals surface area contributed by atoms with Crippen molar-refractivity contribution in [2.75, 3.05) is 26.2 Å². The molecule has 2 heterocycles. The molecule has 0 unspecified atom stereocenters. The summed E-state index contributed by atoms with van der Waals surface area (Å²) in [6, 6.07) is -0.165. The van der Waals surface area contributed by atoms with Gasteiger partial charge in [0, 0.05) is 19.0 Å². The van der Waals surface area contributed by atoms with Crippen molar-refractivity contribution < 1.29 is 22.8 Å². The van der Waals surface area contributed by atoms with Gasteiger partial charge in [-0.05, 0) is 45.2 Å². The summed E-state index contributed by atoms with van der Waals surface area (Å²) in [6.07, 6.45) is -1.30. The highest BCUT2D eigenvalue weighted by atomic mass is 19.4. The summed E-state index contributed by atoms with van der Waals surface area (Å²) in [6.45, 7) is 1.28. The molecule has 0 aromatic rings. The molecule has 2 saturated heterocycles.